The highest BCUT2D eigenvalue weighted by molar-refractivity contribution is 9.10. The van der Waals surface area contributed by atoms with Crippen molar-refractivity contribution in [3.05, 3.63) is 64.1 Å². The Kier molecular flexibility index (Phi) is 4.58. The average molecular weight is 347 g/mol. The van der Waals surface area contributed by atoms with Crippen molar-refractivity contribution in [2.75, 3.05) is 6.61 Å². The molecule has 0 amide bonds. The van der Waals surface area contributed by atoms with Gasteiger partial charge in [-0.3, -0.25) is 11.3 Å². The first kappa shape index (κ1) is 14.6. The molecule has 0 radical (unpaired) electrons. The zero-order chi connectivity index (χ0) is 14.7. The highest BCUT2D eigenvalue weighted by Crippen LogP contribution is 2.36. The summed E-state index contributed by atoms with van der Waals surface area (Å²) in [5.74, 6) is 7.21. The molecule has 3 nitrogen and oxygen atoms in total. The standard InChI is InChI=1S/C17H19BrN2O/c18-15-7-3-1-5-12(15)11-16(20-19)13-9-10-21-17-8-4-2-6-14(13)17/h1-8,13,16,20H,9-11,19H2. The van der Waals surface area contributed by atoms with E-state index >= 15 is 0 Å². The first-order valence-electron chi connectivity index (χ1n) is 7.21. The molecule has 2 aromatic rings. The van der Waals surface area contributed by atoms with Gasteiger partial charge in [0.05, 0.1) is 6.61 Å². The fourth-order valence-electron chi connectivity index (χ4n) is 3.01. The Morgan fingerprint density at radius 2 is 1.95 bits per heavy atom. The third kappa shape index (κ3) is 3.12. The van der Waals surface area contributed by atoms with Crippen molar-refractivity contribution < 1.29 is 4.74 Å². The summed E-state index contributed by atoms with van der Waals surface area (Å²) < 4.78 is 6.87. The number of hydrogen-bond acceptors (Lipinski definition) is 3. The molecule has 2 unspecified atom stereocenters. The molecule has 3 rings (SSSR count). The van der Waals surface area contributed by atoms with Crippen molar-refractivity contribution in [3.8, 4) is 5.75 Å². The van der Waals surface area contributed by atoms with Crippen LogP contribution in [0.2, 0.25) is 0 Å². The monoisotopic (exact) mass is 346 g/mol. The van der Waals surface area contributed by atoms with Gasteiger partial charge in [-0.1, -0.05) is 52.3 Å². The molecule has 21 heavy (non-hydrogen) atoms. The summed E-state index contributed by atoms with van der Waals surface area (Å²) in [6.45, 7) is 0.746. The molecule has 2 atom stereocenters. The lowest BCUT2D eigenvalue weighted by atomic mass is 9.84. The number of halogens is 1. The summed E-state index contributed by atoms with van der Waals surface area (Å²) in [4.78, 5) is 0. The zero-order valence-corrected chi connectivity index (χ0v) is 13.3. The number of para-hydroxylation sites is 1. The van der Waals surface area contributed by atoms with Crippen molar-refractivity contribution >= 4 is 15.9 Å². The van der Waals surface area contributed by atoms with Crippen molar-refractivity contribution in [1.82, 2.24) is 5.43 Å². The molecule has 0 aliphatic carbocycles. The van der Waals surface area contributed by atoms with Gasteiger partial charge in [-0.05, 0) is 36.1 Å². The van der Waals surface area contributed by atoms with Crippen LogP contribution < -0.4 is 16.0 Å². The number of rotatable bonds is 4. The van der Waals surface area contributed by atoms with Crippen molar-refractivity contribution in [3.63, 3.8) is 0 Å². The molecule has 0 fully saturated rings. The fraction of sp³-hybridized carbons (Fsp3) is 0.294. The topological polar surface area (TPSA) is 47.3 Å². The van der Waals surface area contributed by atoms with E-state index in [1.165, 1.54) is 11.1 Å². The van der Waals surface area contributed by atoms with Crippen LogP contribution in [0.15, 0.2) is 53.0 Å². The summed E-state index contributed by atoms with van der Waals surface area (Å²) in [5.41, 5.74) is 5.53. The van der Waals surface area contributed by atoms with E-state index in [4.69, 9.17) is 10.6 Å². The number of hydrogen-bond donors (Lipinski definition) is 2. The summed E-state index contributed by atoms with van der Waals surface area (Å²) in [7, 11) is 0. The van der Waals surface area contributed by atoms with E-state index < -0.39 is 0 Å². The summed E-state index contributed by atoms with van der Waals surface area (Å²) in [6.07, 6.45) is 1.87. The normalized spacial score (nSPS) is 18.7. The Hall–Kier alpha value is -1.36. The quantitative estimate of drug-likeness (QED) is 0.658. The smallest absolute Gasteiger partial charge is 0.122 e. The molecule has 110 valence electrons. The average Bonchev–Trinajstić information content (AvgIpc) is 2.54. The molecule has 0 spiro atoms. The first-order valence-corrected chi connectivity index (χ1v) is 8.00. The van der Waals surface area contributed by atoms with Crippen molar-refractivity contribution in [2.24, 2.45) is 5.84 Å². The highest BCUT2D eigenvalue weighted by atomic mass is 79.9. The molecule has 3 N–H and O–H groups in total. The molecular weight excluding hydrogens is 328 g/mol. The molecule has 0 saturated heterocycles. The van der Waals surface area contributed by atoms with Gasteiger partial charge in [-0.15, -0.1) is 0 Å². The Bertz CT molecular complexity index is 617. The minimum absolute atomic E-state index is 0.189. The lowest BCUT2D eigenvalue weighted by Crippen LogP contribution is -2.43. The van der Waals surface area contributed by atoms with E-state index in [9.17, 15) is 0 Å². The predicted molar refractivity (Wildman–Crippen MR) is 88.3 cm³/mol. The number of ether oxygens (including phenoxy) is 1. The van der Waals surface area contributed by atoms with Gasteiger partial charge < -0.3 is 4.74 Å². The molecule has 0 aromatic heterocycles. The molecule has 0 saturated carbocycles. The third-order valence-corrected chi connectivity index (χ3v) is 4.88. The van der Waals surface area contributed by atoms with Crippen LogP contribution in [-0.2, 0) is 6.42 Å². The number of hydrazine groups is 1. The molecule has 1 aliphatic heterocycles. The first-order chi connectivity index (χ1) is 10.3. The Balaban J connectivity index is 1.86. The number of benzene rings is 2. The van der Waals surface area contributed by atoms with Gasteiger partial charge in [0.15, 0.2) is 0 Å². The second-order valence-corrected chi connectivity index (χ2v) is 6.20. The maximum Gasteiger partial charge on any atom is 0.122 e. The third-order valence-electron chi connectivity index (χ3n) is 4.10. The lowest BCUT2D eigenvalue weighted by molar-refractivity contribution is 0.245. The lowest BCUT2D eigenvalue weighted by Gasteiger charge is -2.32. The van der Waals surface area contributed by atoms with E-state index in [0.717, 1.165) is 29.7 Å². The summed E-state index contributed by atoms with van der Waals surface area (Å²) in [5, 5.41) is 0. The summed E-state index contributed by atoms with van der Waals surface area (Å²) in [6, 6.07) is 16.7. The van der Waals surface area contributed by atoms with E-state index in [1.54, 1.807) is 0 Å². The SMILES string of the molecule is NNC(Cc1ccccc1Br)C1CCOc2ccccc21. The predicted octanol–water partition coefficient (Wildman–Crippen LogP) is 3.39. The Morgan fingerprint density at radius 1 is 1.19 bits per heavy atom. The second-order valence-electron chi connectivity index (χ2n) is 5.35. The second kappa shape index (κ2) is 6.60. The van der Waals surface area contributed by atoms with E-state index in [-0.39, 0.29) is 6.04 Å². The van der Waals surface area contributed by atoms with Crippen LogP contribution >= 0.6 is 15.9 Å². The van der Waals surface area contributed by atoms with Gasteiger partial charge in [0.2, 0.25) is 0 Å². The number of nitrogens with one attached hydrogen (secondary N) is 1. The molecule has 4 heteroatoms. The van der Waals surface area contributed by atoms with Crippen LogP contribution in [0.4, 0.5) is 0 Å². The maximum absolute atomic E-state index is 5.85. The van der Waals surface area contributed by atoms with Crippen LogP contribution in [0.3, 0.4) is 0 Å². The van der Waals surface area contributed by atoms with Crippen LogP contribution in [0.5, 0.6) is 5.75 Å². The fourth-order valence-corrected chi connectivity index (χ4v) is 3.45. The number of fused-ring (bicyclic) bond motifs is 1. The molecular formula is C17H19BrN2O. The minimum atomic E-state index is 0.189. The van der Waals surface area contributed by atoms with E-state index in [2.05, 4.69) is 51.7 Å². The van der Waals surface area contributed by atoms with Crippen molar-refractivity contribution in [2.45, 2.75) is 24.8 Å². The van der Waals surface area contributed by atoms with Crippen LogP contribution in [0.25, 0.3) is 0 Å². The minimum Gasteiger partial charge on any atom is -0.493 e. The Labute approximate surface area is 133 Å². The van der Waals surface area contributed by atoms with Crippen LogP contribution in [-0.4, -0.2) is 12.6 Å². The maximum atomic E-state index is 5.85. The highest BCUT2D eigenvalue weighted by Gasteiger charge is 2.28. The molecule has 2 aromatic carbocycles. The van der Waals surface area contributed by atoms with Gasteiger partial charge in [0.1, 0.15) is 5.75 Å². The Morgan fingerprint density at radius 3 is 2.76 bits per heavy atom. The molecule has 1 heterocycles. The molecule has 1 aliphatic rings. The molecule has 0 bridgehead atoms. The van der Waals surface area contributed by atoms with Gasteiger partial charge >= 0.3 is 0 Å². The summed E-state index contributed by atoms with van der Waals surface area (Å²) >= 11 is 3.62. The van der Waals surface area contributed by atoms with Gasteiger partial charge in [-0.25, -0.2) is 0 Å². The largest absolute Gasteiger partial charge is 0.493 e. The van der Waals surface area contributed by atoms with Crippen LogP contribution in [0.1, 0.15) is 23.5 Å². The van der Waals surface area contributed by atoms with E-state index in [1.807, 2.05) is 18.2 Å². The number of nitrogens with two attached hydrogens (primary N) is 1. The zero-order valence-electron chi connectivity index (χ0n) is 11.8. The van der Waals surface area contributed by atoms with Gasteiger partial charge in [-0.2, -0.15) is 0 Å². The van der Waals surface area contributed by atoms with Gasteiger partial charge in [0, 0.05) is 16.4 Å². The van der Waals surface area contributed by atoms with Crippen molar-refractivity contribution in [1.29, 1.82) is 0 Å². The van der Waals surface area contributed by atoms with Crippen LogP contribution in [0, 0.1) is 0 Å². The van der Waals surface area contributed by atoms with E-state index in [0.29, 0.717) is 5.92 Å². The van der Waals surface area contributed by atoms with Gasteiger partial charge in [0.25, 0.3) is 0 Å².